The van der Waals surface area contributed by atoms with Gasteiger partial charge in [-0.3, -0.25) is 9.59 Å². The van der Waals surface area contributed by atoms with Crippen molar-refractivity contribution in [2.24, 2.45) is 0 Å². The second-order valence-electron chi connectivity index (χ2n) is 6.04. The summed E-state index contributed by atoms with van der Waals surface area (Å²) in [4.78, 5) is 27.8. The van der Waals surface area contributed by atoms with Crippen LogP contribution in [0.5, 0.6) is 5.75 Å². The van der Waals surface area contributed by atoms with E-state index in [1.807, 2.05) is 0 Å². The average Bonchev–Trinajstić information content (AvgIpc) is 3.14. The molecule has 10 heteroatoms. The third-order valence-electron chi connectivity index (χ3n) is 3.82. The summed E-state index contributed by atoms with van der Waals surface area (Å²) >= 11 is 0. The number of nitrogens with zero attached hydrogens (tertiary/aromatic N) is 2. The van der Waals surface area contributed by atoms with Gasteiger partial charge in [0.2, 0.25) is 5.91 Å². The molecule has 0 aliphatic heterocycles. The molecule has 0 atom stereocenters. The molecule has 2 amide bonds. The van der Waals surface area contributed by atoms with Crippen LogP contribution in [0.2, 0.25) is 0 Å². The van der Waals surface area contributed by atoms with E-state index in [0.717, 1.165) is 17.7 Å². The zero-order valence-electron chi connectivity index (χ0n) is 15.0. The number of phenolic OH excluding ortho intramolecular Hbond substituents is 1. The first-order chi connectivity index (χ1) is 13.9. The summed E-state index contributed by atoms with van der Waals surface area (Å²) in [6.07, 6.45) is 0.166. The van der Waals surface area contributed by atoms with Crippen LogP contribution in [0.3, 0.4) is 0 Å². The van der Waals surface area contributed by atoms with Crippen molar-refractivity contribution in [3.05, 3.63) is 71.4 Å². The monoisotopic (exact) mass is 402 g/mol. The van der Waals surface area contributed by atoms with Crippen molar-refractivity contribution < 1.29 is 28.0 Å². The summed E-state index contributed by atoms with van der Waals surface area (Å²) in [5.41, 5.74) is 0.728. The number of aromatic hydroxyl groups is 1. The minimum atomic E-state index is -0.917. The van der Waals surface area contributed by atoms with Gasteiger partial charge in [-0.1, -0.05) is 17.3 Å². The van der Waals surface area contributed by atoms with E-state index < -0.39 is 23.4 Å². The van der Waals surface area contributed by atoms with Crippen molar-refractivity contribution in [3.8, 4) is 5.75 Å². The van der Waals surface area contributed by atoms with Crippen LogP contribution >= 0.6 is 0 Å². The molecule has 150 valence electrons. The Kier molecular flexibility index (Phi) is 6.12. The van der Waals surface area contributed by atoms with Gasteiger partial charge in [0.25, 0.3) is 0 Å². The van der Waals surface area contributed by atoms with Crippen LogP contribution in [0.15, 0.2) is 47.0 Å². The zero-order chi connectivity index (χ0) is 20.8. The van der Waals surface area contributed by atoms with Gasteiger partial charge < -0.3 is 20.3 Å². The molecule has 0 fully saturated rings. The predicted molar refractivity (Wildman–Crippen MR) is 97.1 cm³/mol. The van der Waals surface area contributed by atoms with Gasteiger partial charge in [-0.05, 0) is 36.2 Å². The lowest BCUT2D eigenvalue weighted by Crippen LogP contribution is -2.26. The Morgan fingerprint density at radius 3 is 2.59 bits per heavy atom. The number of nitrogens with one attached hydrogen (secondary N) is 2. The Labute approximate surface area is 163 Å². The maximum Gasteiger partial charge on any atom is 0.315 e. The molecule has 8 nitrogen and oxygen atoms in total. The second-order valence-corrected chi connectivity index (χ2v) is 6.04. The SMILES string of the molecule is O=C(Cc1noc(C(=O)NCCc2ccc(O)cc2)n1)Nc1ccc(F)cc1F. The smallest absolute Gasteiger partial charge is 0.315 e. The van der Waals surface area contributed by atoms with Gasteiger partial charge in [-0.2, -0.15) is 4.98 Å². The number of benzene rings is 2. The van der Waals surface area contributed by atoms with Gasteiger partial charge in [0.05, 0.1) is 12.1 Å². The van der Waals surface area contributed by atoms with Crippen molar-refractivity contribution in [2.75, 3.05) is 11.9 Å². The lowest BCUT2D eigenvalue weighted by Gasteiger charge is -2.04. The molecule has 0 saturated heterocycles. The highest BCUT2D eigenvalue weighted by molar-refractivity contribution is 5.92. The van der Waals surface area contributed by atoms with Gasteiger partial charge in [-0.15, -0.1) is 0 Å². The van der Waals surface area contributed by atoms with Crippen molar-refractivity contribution in [3.63, 3.8) is 0 Å². The lowest BCUT2D eigenvalue weighted by atomic mass is 10.1. The highest BCUT2D eigenvalue weighted by Crippen LogP contribution is 2.15. The average molecular weight is 402 g/mol. The number of halogens is 2. The number of hydrogen-bond donors (Lipinski definition) is 3. The molecule has 2 aromatic carbocycles. The molecular weight excluding hydrogens is 386 g/mol. The summed E-state index contributed by atoms with van der Waals surface area (Å²) < 4.78 is 31.3. The van der Waals surface area contributed by atoms with E-state index in [2.05, 4.69) is 20.8 Å². The molecule has 0 bridgehead atoms. The molecule has 0 aliphatic carbocycles. The Hall–Kier alpha value is -3.82. The fraction of sp³-hybridized carbons (Fsp3) is 0.158. The molecule has 0 spiro atoms. The number of hydrogen-bond acceptors (Lipinski definition) is 6. The Morgan fingerprint density at radius 2 is 1.86 bits per heavy atom. The summed E-state index contributed by atoms with van der Waals surface area (Å²) in [5, 5.41) is 17.6. The third kappa shape index (κ3) is 5.58. The minimum Gasteiger partial charge on any atom is -0.508 e. The molecule has 3 rings (SSSR count). The fourth-order valence-corrected chi connectivity index (χ4v) is 2.41. The van der Waals surface area contributed by atoms with Crippen LogP contribution in [0.1, 0.15) is 22.1 Å². The molecule has 1 aromatic heterocycles. The number of anilines is 1. The maximum atomic E-state index is 13.6. The van der Waals surface area contributed by atoms with Crippen molar-refractivity contribution in [2.45, 2.75) is 12.8 Å². The van der Waals surface area contributed by atoms with Crippen molar-refractivity contribution >= 4 is 17.5 Å². The van der Waals surface area contributed by atoms with Gasteiger partial charge >= 0.3 is 11.8 Å². The highest BCUT2D eigenvalue weighted by Gasteiger charge is 2.17. The first kappa shape index (κ1) is 19.9. The fourth-order valence-electron chi connectivity index (χ4n) is 2.41. The number of aromatic nitrogens is 2. The number of amides is 2. The first-order valence-electron chi connectivity index (χ1n) is 8.54. The third-order valence-corrected chi connectivity index (χ3v) is 3.82. The van der Waals surface area contributed by atoms with Crippen molar-refractivity contribution in [1.29, 1.82) is 0 Å². The number of phenols is 1. The molecule has 0 aliphatic rings. The van der Waals surface area contributed by atoms with Gasteiger partial charge in [-0.25, -0.2) is 8.78 Å². The van der Waals surface area contributed by atoms with Crippen LogP contribution in [0.4, 0.5) is 14.5 Å². The lowest BCUT2D eigenvalue weighted by molar-refractivity contribution is -0.115. The van der Waals surface area contributed by atoms with Crippen LogP contribution in [-0.2, 0) is 17.6 Å². The molecular formula is C19H16F2N4O4. The summed E-state index contributed by atoms with van der Waals surface area (Å²) in [6, 6.07) is 9.29. The molecule has 0 saturated carbocycles. The molecule has 3 aromatic rings. The first-order valence-corrected chi connectivity index (χ1v) is 8.54. The zero-order valence-corrected chi connectivity index (χ0v) is 15.0. The topological polar surface area (TPSA) is 117 Å². The van der Waals surface area contributed by atoms with E-state index in [1.54, 1.807) is 24.3 Å². The van der Waals surface area contributed by atoms with Crippen LogP contribution in [0.25, 0.3) is 0 Å². The van der Waals surface area contributed by atoms with E-state index in [4.69, 9.17) is 4.52 Å². The van der Waals surface area contributed by atoms with Gasteiger partial charge in [0, 0.05) is 12.6 Å². The summed E-state index contributed by atoms with van der Waals surface area (Å²) in [7, 11) is 0. The van der Waals surface area contributed by atoms with Crippen LogP contribution in [0, 0.1) is 11.6 Å². The largest absolute Gasteiger partial charge is 0.508 e. The normalized spacial score (nSPS) is 10.6. The van der Waals surface area contributed by atoms with E-state index in [0.29, 0.717) is 19.0 Å². The van der Waals surface area contributed by atoms with E-state index in [1.165, 1.54) is 0 Å². The Balaban J connectivity index is 1.49. The number of carbonyl (C=O) groups excluding carboxylic acids is 2. The molecule has 3 N–H and O–H groups in total. The summed E-state index contributed by atoms with van der Waals surface area (Å²) in [5.74, 6) is -3.16. The quantitative estimate of drug-likeness (QED) is 0.558. The van der Waals surface area contributed by atoms with E-state index >= 15 is 0 Å². The standard InChI is InChI=1S/C19H16F2N4O4/c20-12-3-6-15(14(21)9-12)23-17(27)10-16-24-19(29-25-16)18(28)22-8-7-11-1-4-13(26)5-2-11/h1-6,9,26H,7-8,10H2,(H,22,28)(H,23,27). The summed E-state index contributed by atoms with van der Waals surface area (Å²) in [6.45, 7) is 0.297. The van der Waals surface area contributed by atoms with E-state index in [-0.39, 0.29) is 29.6 Å². The van der Waals surface area contributed by atoms with Crippen LogP contribution < -0.4 is 10.6 Å². The number of rotatable bonds is 7. The van der Waals surface area contributed by atoms with Crippen LogP contribution in [-0.4, -0.2) is 33.6 Å². The number of carbonyl (C=O) groups is 2. The van der Waals surface area contributed by atoms with Gasteiger partial charge in [0.15, 0.2) is 5.82 Å². The molecule has 0 radical (unpaired) electrons. The highest BCUT2D eigenvalue weighted by atomic mass is 19.1. The maximum absolute atomic E-state index is 13.6. The second kappa shape index (κ2) is 8.91. The Bertz CT molecular complexity index is 1020. The molecule has 1 heterocycles. The molecule has 29 heavy (non-hydrogen) atoms. The van der Waals surface area contributed by atoms with Crippen molar-refractivity contribution in [1.82, 2.24) is 15.5 Å². The minimum absolute atomic E-state index is 0.0614. The predicted octanol–water partition coefficient (Wildman–Crippen LogP) is 2.21. The van der Waals surface area contributed by atoms with Gasteiger partial charge in [0.1, 0.15) is 17.4 Å². The van der Waals surface area contributed by atoms with E-state index in [9.17, 15) is 23.5 Å². The Morgan fingerprint density at radius 1 is 1.10 bits per heavy atom. The molecule has 0 unspecified atom stereocenters.